The number of sulfonamides is 1. The first kappa shape index (κ1) is 14.8. The molecule has 0 atom stereocenters. The SMILES string of the molecule is NC(=[NH+]S(=O)(=O)c1ccc(Cl)cc1)c1ccccc1Cl. The van der Waals surface area contributed by atoms with E-state index in [4.69, 9.17) is 28.9 Å². The van der Waals surface area contributed by atoms with Gasteiger partial charge in [-0.2, -0.15) is 12.8 Å². The summed E-state index contributed by atoms with van der Waals surface area (Å²) in [6.45, 7) is 0. The normalized spacial score (nSPS) is 12.4. The quantitative estimate of drug-likeness (QED) is 0.655. The molecule has 2 aromatic carbocycles. The summed E-state index contributed by atoms with van der Waals surface area (Å²) in [5, 5.41) is 0.816. The van der Waals surface area contributed by atoms with Crippen LogP contribution in [-0.4, -0.2) is 14.3 Å². The highest BCUT2D eigenvalue weighted by molar-refractivity contribution is 7.84. The zero-order chi connectivity index (χ0) is 14.8. The van der Waals surface area contributed by atoms with E-state index in [1.807, 2.05) is 0 Å². The maximum absolute atomic E-state index is 12.1. The minimum Gasteiger partial charge on any atom is -0.286 e. The van der Waals surface area contributed by atoms with Crippen LogP contribution in [0.4, 0.5) is 0 Å². The molecule has 0 unspecified atom stereocenters. The number of hydrogen-bond donors (Lipinski definition) is 2. The first-order valence-electron chi connectivity index (χ1n) is 5.56. The summed E-state index contributed by atoms with van der Waals surface area (Å²) >= 11 is 11.7. The van der Waals surface area contributed by atoms with Crippen molar-refractivity contribution in [1.29, 1.82) is 0 Å². The summed E-state index contributed by atoms with van der Waals surface area (Å²) < 4.78 is 26.6. The standard InChI is InChI=1S/C13H10Cl2N2O2S/c14-9-5-7-10(8-6-9)20(18,19)17-13(16)11-3-1-2-4-12(11)15/h1-8H,(H2,16,17)/p+1. The molecule has 0 heterocycles. The largest absolute Gasteiger partial charge is 0.328 e. The van der Waals surface area contributed by atoms with Gasteiger partial charge in [0.05, 0.1) is 10.6 Å². The van der Waals surface area contributed by atoms with Gasteiger partial charge in [0.15, 0.2) is 0 Å². The van der Waals surface area contributed by atoms with Gasteiger partial charge in [0.1, 0.15) is 4.90 Å². The predicted octanol–water partition coefficient (Wildman–Crippen LogP) is 1.17. The van der Waals surface area contributed by atoms with E-state index in [0.717, 1.165) is 0 Å². The number of halogens is 2. The number of benzene rings is 2. The maximum Gasteiger partial charge on any atom is 0.328 e. The number of hydrogen-bond acceptors (Lipinski definition) is 2. The Labute approximate surface area is 126 Å². The van der Waals surface area contributed by atoms with Gasteiger partial charge in [-0.25, -0.2) is 0 Å². The minimum atomic E-state index is -3.77. The number of rotatable bonds is 3. The smallest absolute Gasteiger partial charge is 0.286 e. The van der Waals surface area contributed by atoms with Gasteiger partial charge in [0.2, 0.25) is 0 Å². The molecule has 104 valence electrons. The highest BCUT2D eigenvalue weighted by atomic mass is 35.5. The molecule has 0 saturated carbocycles. The van der Waals surface area contributed by atoms with E-state index in [9.17, 15) is 8.42 Å². The molecule has 2 rings (SSSR count). The lowest BCUT2D eigenvalue weighted by atomic mass is 10.2. The Morgan fingerprint density at radius 2 is 1.60 bits per heavy atom. The lowest BCUT2D eigenvalue weighted by Crippen LogP contribution is -2.78. The second kappa shape index (κ2) is 5.83. The number of nitrogens with one attached hydrogen (secondary N) is 1. The molecule has 2 aromatic rings. The summed E-state index contributed by atoms with van der Waals surface area (Å²) in [4.78, 5) is 0.0666. The summed E-state index contributed by atoms with van der Waals surface area (Å²) in [6, 6.07) is 12.5. The first-order valence-corrected chi connectivity index (χ1v) is 7.80. The highest BCUT2D eigenvalue weighted by Crippen LogP contribution is 2.14. The molecule has 3 N–H and O–H groups in total. The fourth-order valence-electron chi connectivity index (χ4n) is 1.55. The van der Waals surface area contributed by atoms with Crippen LogP contribution in [0.1, 0.15) is 5.56 Å². The third kappa shape index (κ3) is 3.30. The number of nitrogens with two attached hydrogens (primary N) is 1. The summed E-state index contributed by atoms with van der Waals surface area (Å²) in [6.07, 6.45) is 0. The van der Waals surface area contributed by atoms with Crippen molar-refractivity contribution in [3.05, 3.63) is 64.1 Å². The van der Waals surface area contributed by atoms with Crippen LogP contribution in [0.25, 0.3) is 0 Å². The molecule has 0 aliphatic rings. The average molecular weight is 330 g/mol. The Balaban J connectivity index is 2.43. The van der Waals surface area contributed by atoms with Crippen molar-refractivity contribution in [1.82, 2.24) is 0 Å². The van der Waals surface area contributed by atoms with Crippen molar-refractivity contribution in [3.63, 3.8) is 0 Å². The van der Waals surface area contributed by atoms with Crippen molar-refractivity contribution < 1.29 is 12.8 Å². The highest BCUT2D eigenvalue weighted by Gasteiger charge is 2.18. The lowest BCUT2D eigenvalue weighted by molar-refractivity contribution is -0.267. The van der Waals surface area contributed by atoms with E-state index in [-0.39, 0.29) is 10.7 Å². The van der Waals surface area contributed by atoms with Gasteiger partial charge in [0, 0.05) is 5.02 Å². The van der Waals surface area contributed by atoms with Crippen molar-refractivity contribution in [3.8, 4) is 0 Å². The molecule has 0 bridgehead atoms. The van der Waals surface area contributed by atoms with Crippen molar-refractivity contribution in [2.45, 2.75) is 4.90 Å². The van der Waals surface area contributed by atoms with Crippen LogP contribution in [0, 0.1) is 0 Å². The Kier molecular flexibility index (Phi) is 4.32. The monoisotopic (exact) mass is 329 g/mol. The second-order valence-corrected chi connectivity index (χ2v) is 6.48. The minimum absolute atomic E-state index is 0.0365. The van der Waals surface area contributed by atoms with Crippen LogP contribution < -0.4 is 10.1 Å². The number of amidine groups is 1. The fraction of sp³-hybridized carbons (Fsp3) is 0. The van der Waals surface area contributed by atoms with Crippen molar-refractivity contribution >= 4 is 39.1 Å². The van der Waals surface area contributed by atoms with E-state index < -0.39 is 10.0 Å². The maximum atomic E-state index is 12.1. The molecule has 0 aliphatic heterocycles. The van der Waals surface area contributed by atoms with Gasteiger partial charge < -0.3 is 0 Å². The van der Waals surface area contributed by atoms with E-state index in [1.165, 1.54) is 24.3 Å². The van der Waals surface area contributed by atoms with E-state index in [1.54, 1.807) is 24.3 Å². The molecule has 4 nitrogen and oxygen atoms in total. The lowest BCUT2D eigenvalue weighted by Gasteiger charge is -2.00. The van der Waals surface area contributed by atoms with Gasteiger partial charge in [-0.15, -0.1) is 0 Å². The molecule has 0 radical (unpaired) electrons. The molecule has 0 amide bonds. The predicted molar refractivity (Wildman–Crippen MR) is 79.3 cm³/mol. The summed E-state index contributed by atoms with van der Waals surface area (Å²) in [5.41, 5.74) is 6.19. The molecule has 0 fully saturated rings. The molecule has 0 saturated heterocycles. The van der Waals surface area contributed by atoms with Crippen molar-refractivity contribution in [2.24, 2.45) is 5.73 Å². The van der Waals surface area contributed by atoms with Crippen LogP contribution in [-0.2, 0) is 10.0 Å². The molecular weight excluding hydrogens is 319 g/mol. The molecule has 0 aliphatic carbocycles. The summed E-state index contributed by atoms with van der Waals surface area (Å²) in [5.74, 6) is -0.0365. The first-order chi connectivity index (χ1) is 9.40. The van der Waals surface area contributed by atoms with Crippen LogP contribution in [0.15, 0.2) is 53.4 Å². The molecule has 0 aromatic heterocycles. The van der Waals surface area contributed by atoms with E-state index in [2.05, 4.69) is 4.40 Å². The van der Waals surface area contributed by atoms with Crippen LogP contribution >= 0.6 is 23.2 Å². The third-order valence-corrected chi connectivity index (χ3v) is 4.50. The Morgan fingerprint density at radius 3 is 2.20 bits per heavy atom. The summed E-state index contributed by atoms with van der Waals surface area (Å²) in [7, 11) is -3.77. The Hall–Kier alpha value is -1.56. The zero-order valence-electron chi connectivity index (χ0n) is 10.2. The number of nitrogen functional groups attached to an aromatic ring is 1. The second-order valence-electron chi connectivity index (χ2n) is 3.95. The molecule has 0 spiro atoms. The van der Waals surface area contributed by atoms with Gasteiger partial charge in [-0.05, 0) is 36.4 Å². The van der Waals surface area contributed by atoms with Crippen LogP contribution in [0.5, 0.6) is 0 Å². The zero-order valence-corrected chi connectivity index (χ0v) is 12.5. The van der Waals surface area contributed by atoms with Gasteiger partial charge in [0.25, 0.3) is 5.84 Å². The topological polar surface area (TPSA) is 74.1 Å². The Bertz CT molecular complexity index is 756. The van der Waals surface area contributed by atoms with Crippen LogP contribution in [0.3, 0.4) is 0 Å². The molecule has 20 heavy (non-hydrogen) atoms. The molecule has 7 heteroatoms. The van der Waals surface area contributed by atoms with Crippen LogP contribution in [0.2, 0.25) is 10.0 Å². The van der Waals surface area contributed by atoms with Gasteiger partial charge in [-0.3, -0.25) is 5.73 Å². The Morgan fingerprint density at radius 1 is 1.00 bits per heavy atom. The van der Waals surface area contributed by atoms with Crippen molar-refractivity contribution in [2.75, 3.05) is 0 Å². The van der Waals surface area contributed by atoms with E-state index >= 15 is 0 Å². The average Bonchev–Trinajstić information content (AvgIpc) is 2.39. The fourth-order valence-corrected chi connectivity index (χ4v) is 2.93. The van der Waals surface area contributed by atoms with E-state index in [0.29, 0.717) is 15.6 Å². The van der Waals surface area contributed by atoms with Gasteiger partial charge >= 0.3 is 10.0 Å². The molecular formula is C13H11Cl2N2O2S+. The van der Waals surface area contributed by atoms with Gasteiger partial charge in [-0.1, -0.05) is 35.3 Å². The third-order valence-electron chi connectivity index (χ3n) is 2.53.